The monoisotopic (exact) mass is 256 g/mol. The zero-order chi connectivity index (χ0) is 13.3. The molecule has 1 aliphatic rings. The van der Waals surface area contributed by atoms with E-state index in [4.69, 9.17) is 0 Å². The smallest absolute Gasteiger partial charge is 0.270 e. The molecule has 0 saturated heterocycles. The molecule has 4 heteroatoms. The molecule has 3 nitrogen and oxygen atoms in total. The Morgan fingerprint density at radius 2 is 1.89 bits per heavy atom. The second-order valence-corrected chi connectivity index (χ2v) is 4.73. The summed E-state index contributed by atoms with van der Waals surface area (Å²) >= 11 is 0. The van der Waals surface area contributed by atoms with E-state index in [0.717, 1.165) is 12.8 Å². The molecule has 1 aromatic carbocycles. The van der Waals surface area contributed by atoms with E-state index in [-0.39, 0.29) is 11.7 Å². The van der Waals surface area contributed by atoms with Crippen molar-refractivity contribution in [2.75, 3.05) is 0 Å². The van der Waals surface area contributed by atoms with Crippen LogP contribution < -0.4 is 5.32 Å². The summed E-state index contributed by atoms with van der Waals surface area (Å²) in [5.74, 6) is -0.539. The predicted octanol–water partition coefficient (Wildman–Crippen LogP) is 2.64. The van der Waals surface area contributed by atoms with Crippen molar-refractivity contribution in [2.24, 2.45) is 0 Å². The van der Waals surface area contributed by atoms with E-state index in [1.807, 2.05) is 0 Å². The maximum absolute atomic E-state index is 13.8. The summed E-state index contributed by atoms with van der Waals surface area (Å²) < 4.78 is 13.8. The molecule has 0 unspecified atom stereocenters. The first-order valence-electron chi connectivity index (χ1n) is 6.20. The van der Waals surface area contributed by atoms with Gasteiger partial charge in [0.15, 0.2) is 0 Å². The number of aromatic nitrogens is 1. The van der Waals surface area contributed by atoms with Crippen molar-refractivity contribution >= 4 is 5.91 Å². The molecule has 1 aromatic heterocycles. The van der Waals surface area contributed by atoms with Crippen LogP contribution in [0.4, 0.5) is 4.39 Å². The number of benzene rings is 1. The van der Waals surface area contributed by atoms with Gasteiger partial charge in [0.05, 0.1) is 5.54 Å². The zero-order valence-corrected chi connectivity index (χ0v) is 10.3. The molecule has 1 heterocycles. The molecule has 0 aliphatic heterocycles. The van der Waals surface area contributed by atoms with E-state index in [2.05, 4.69) is 10.3 Å². The van der Waals surface area contributed by atoms with Crippen molar-refractivity contribution < 1.29 is 9.18 Å². The third-order valence-corrected chi connectivity index (χ3v) is 3.39. The van der Waals surface area contributed by atoms with E-state index in [1.54, 1.807) is 42.6 Å². The van der Waals surface area contributed by atoms with Crippen LogP contribution in [-0.4, -0.2) is 10.9 Å². The Balaban J connectivity index is 1.84. The maximum atomic E-state index is 13.8. The van der Waals surface area contributed by atoms with Crippen LogP contribution >= 0.6 is 0 Å². The Morgan fingerprint density at radius 1 is 1.16 bits per heavy atom. The summed E-state index contributed by atoms with van der Waals surface area (Å²) in [6, 6.07) is 11.7. The van der Waals surface area contributed by atoms with Gasteiger partial charge in [-0.15, -0.1) is 0 Å². The summed E-state index contributed by atoms with van der Waals surface area (Å²) in [4.78, 5) is 16.1. The minimum absolute atomic E-state index is 0.263. The molecule has 0 atom stereocenters. The van der Waals surface area contributed by atoms with Crippen molar-refractivity contribution in [3.8, 4) is 0 Å². The van der Waals surface area contributed by atoms with Crippen molar-refractivity contribution in [3.63, 3.8) is 0 Å². The van der Waals surface area contributed by atoms with Gasteiger partial charge in [-0.1, -0.05) is 24.3 Å². The highest BCUT2D eigenvalue weighted by molar-refractivity contribution is 5.93. The number of nitrogens with one attached hydrogen (secondary N) is 1. The van der Waals surface area contributed by atoms with Crippen molar-refractivity contribution in [1.29, 1.82) is 0 Å². The first-order valence-corrected chi connectivity index (χ1v) is 6.20. The van der Waals surface area contributed by atoms with Crippen molar-refractivity contribution in [1.82, 2.24) is 10.3 Å². The van der Waals surface area contributed by atoms with Crippen LogP contribution in [0.2, 0.25) is 0 Å². The lowest BCUT2D eigenvalue weighted by atomic mass is 10.0. The van der Waals surface area contributed by atoms with Crippen LogP contribution in [0, 0.1) is 5.82 Å². The molecular formula is C15H13FN2O. The first-order chi connectivity index (χ1) is 9.21. The first kappa shape index (κ1) is 11.8. The van der Waals surface area contributed by atoms with Crippen molar-refractivity contribution in [3.05, 3.63) is 65.7 Å². The van der Waals surface area contributed by atoms with Crippen LogP contribution in [0.3, 0.4) is 0 Å². The molecule has 2 aromatic rings. The molecule has 0 spiro atoms. The fourth-order valence-electron chi connectivity index (χ4n) is 2.21. The van der Waals surface area contributed by atoms with E-state index < -0.39 is 5.54 Å². The van der Waals surface area contributed by atoms with E-state index in [0.29, 0.717) is 11.3 Å². The number of hydrogen-bond acceptors (Lipinski definition) is 2. The number of halogens is 1. The van der Waals surface area contributed by atoms with Gasteiger partial charge in [-0.3, -0.25) is 9.78 Å². The maximum Gasteiger partial charge on any atom is 0.270 e. The van der Waals surface area contributed by atoms with Gasteiger partial charge in [0.2, 0.25) is 0 Å². The van der Waals surface area contributed by atoms with Gasteiger partial charge < -0.3 is 5.32 Å². The summed E-state index contributed by atoms with van der Waals surface area (Å²) in [7, 11) is 0. The lowest BCUT2D eigenvalue weighted by Gasteiger charge is -2.18. The number of carbonyl (C=O) groups is 1. The minimum Gasteiger partial charge on any atom is -0.341 e. The van der Waals surface area contributed by atoms with Gasteiger partial charge in [0.1, 0.15) is 11.5 Å². The molecule has 3 rings (SSSR count). The molecule has 1 saturated carbocycles. The second kappa shape index (κ2) is 4.46. The largest absolute Gasteiger partial charge is 0.341 e. The molecular weight excluding hydrogens is 243 g/mol. The second-order valence-electron chi connectivity index (χ2n) is 4.73. The SMILES string of the molecule is O=C(NC1(c2ccccc2F)CC1)c1ccccn1. The van der Waals surface area contributed by atoms with Crippen molar-refractivity contribution in [2.45, 2.75) is 18.4 Å². The number of hydrogen-bond donors (Lipinski definition) is 1. The van der Waals surface area contributed by atoms with Gasteiger partial charge in [-0.2, -0.15) is 0 Å². The third kappa shape index (κ3) is 2.21. The van der Waals surface area contributed by atoms with Gasteiger partial charge in [-0.25, -0.2) is 4.39 Å². The number of carbonyl (C=O) groups excluding carboxylic acids is 1. The molecule has 0 bridgehead atoms. The molecule has 1 N–H and O–H groups in total. The molecule has 1 fully saturated rings. The van der Waals surface area contributed by atoms with Crippen LogP contribution in [0.5, 0.6) is 0 Å². The van der Waals surface area contributed by atoms with Crippen LogP contribution in [0.25, 0.3) is 0 Å². The Kier molecular flexibility index (Phi) is 2.78. The van der Waals surface area contributed by atoms with Crippen LogP contribution in [0.1, 0.15) is 28.9 Å². The Labute approximate surface area is 110 Å². The Bertz CT molecular complexity index is 609. The summed E-state index contributed by atoms with van der Waals surface area (Å²) in [6.07, 6.45) is 3.08. The third-order valence-electron chi connectivity index (χ3n) is 3.39. The standard InChI is InChI=1S/C15H13FN2O/c16-12-6-2-1-5-11(12)15(8-9-15)18-14(19)13-7-3-4-10-17-13/h1-7,10H,8-9H2,(H,18,19). The number of amides is 1. The Hall–Kier alpha value is -2.23. The quantitative estimate of drug-likeness (QED) is 0.917. The van der Waals surface area contributed by atoms with Crippen LogP contribution in [-0.2, 0) is 5.54 Å². The fourth-order valence-corrected chi connectivity index (χ4v) is 2.21. The lowest BCUT2D eigenvalue weighted by Crippen LogP contribution is -2.35. The van der Waals surface area contributed by atoms with E-state index in [1.165, 1.54) is 6.07 Å². The van der Waals surface area contributed by atoms with Gasteiger partial charge in [0.25, 0.3) is 5.91 Å². The molecule has 1 amide bonds. The van der Waals surface area contributed by atoms with Crippen LogP contribution in [0.15, 0.2) is 48.7 Å². The highest BCUT2D eigenvalue weighted by Gasteiger charge is 2.47. The highest BCUT2D eigenvalue weighted by Crippen LogP contribution is 2.46. The fraction of sp³-hybridized carbons (Fsp3) is 0.200. The molecule has 1 aliphatic carbocycles. The molecule has 96 valence electrons. The number of nitrogens with zero attached hydrogens (tertiary/aromatic N) is 1. The summed E-state index contributed by atoms with van der Waals surface area (Å²) in [5, 5.41) is 2.90. The Morgan fingerprint density at radius 3 is 2.53 bits per heavy atom. The highest BCUT2D eigenvalue weighted by atomic mass is 19.1. The number of rotatable bonds is 3. The zero-order valence-electron chi connectivity index (χ0n) is 10.3. The van der Waals surface area contributed by atoms with Gasteiger partial charge in [0, 0.05) is 11.8 Å². The van der Waals surface area contributed by atoms with Gasteiger partial charge >= 0.3 is 0 Å². The predicted molar refractivity (Wildman–Crippen MR) is 69.0 cm³/mol. The number of pyridine rings is 1. The summed E-state index contributed by atoms with van der Waals surface area (Å²) in [5.41, 5.74) is 0.351. The lowest BCUT2D eigenvalue weighted by molar-refractivity contribution is 0.0925. The molecule has 0 radical (unpaired) electrons. The average molecular weight is 256 g/mol. The molecule has 19 heavy (non-hydrogen) atoms. The average Bonchev–Trinajstić information content (AvgIpc) is 3.21. The normalized spacial score (nSPS) is 15.8. The topological polar surface area (TPSA) is 42.0 Å². The van der Waals surface area contributed by atoms with Gasteiger partial charge in [-0.05, 0) is 31.0 Å². The van der Waals surface area contributed by atoms with E-state index >= 15 is 0 Å². The minimum atomic E-state index is -0.556. The van der Waals surface area contributed by atoms with E-state index in [9.17, 15) is 9.18 Å². The summed E-state index contributed by atoms with van der Waals surface area (Å²) in [6.45, 7) is 0.